The van der Waals surface area contributed by atoms with E-state index in [0.717, 1.165) is 21.3 Å². The van der Waals surface area contributed by atoms with Crippen molar-refractivity contribution in [3.05, 3.63) is 29.8 Å². The van der Waals surface area contributed by atoms with E-state index in [9.17, 15) is 37.2 Å². The molecule has 0 spiro atoms. The van der Waals surface area contributed by atoms with Crippen molar-refractivity contribution in [2.45, 2.75) is 37.8 Å². The summed E-state index contributed by atoms with van der Waals surface area (Å²) in [7, 11) is -3.52. The third kappa shape index (κ3) is 6.93. The number of carboxylic acids is 1. The third-order valence-corrected chi connectivity index (χ3v) is 6.15. The van der Waals surface area contributed by atoms with Gasteiger partial charge in [0.2, 0.25) is 21.8 Å². The summed E-state index contributed by atoms with van der Waals surface area (Å²) in [5, 5.41) is 14.1. The Bertz CT molecular complexity index is 1200. The lowest BCUT2D eigenvalue weighted by atomic mass is 10.1. The predicted octanol–water partition coefficient (Wildman–Crippen LogP) is -1.10. The van der Waals surface area contributed by atoms with Crippen LogP contribution in [0.25, 0.3) is 0 Å². The van der Waals surface area contributed by atoms with Crippen LogP contribution in [0.15, 0.2) is 24.3 Å². The molecule has 2 aliphatic heterocycles. The van der Waals surface area contributed by atoms with Crippen molar-refractivity contribution in [3.8, 4) is 0 Å². The lowest BCUT2D eigenvalue weighted by Gasteiger charge is -2.42. The Labute approximate surface area is 211 Å². The quantitative estimate of drug-likeness (QED) is 0.281. The van der Waals surface area contributed by atoms with Crippen LogP contribution in [0.4, 0.5) is 10.5 Å². The number of nitrogens with zero attached hydrogens (tertiary/aromatic N) is 3. The number of aliphatic carboxylic acids is 1. The smallest absolute Gasteiger partial charge is 0.358 e. The largest absolute Gasteiger partial charge is 0.481 e. The number of benzene rings is 1. The number of hydrazine groups is 2. The molecule has 4 N–H and O–H groups in total. The maximum absolute atomic E-state index is 13.4. The van der Waals surface area contributed by atoms with E-state index in [4.69, 9.17) is 5.11 Å². The molecule has 3 rings (SSSR count). The molecule has 2 fully saturated rings. The summed E-state index contributed by atoms with van der Waals surface area (Å²) in [6, 6.07) is 1.97. The fraction of sp³-hybridized carbons (Fsp3) is 0.429. The van der Waals surface area contributed by atoms with E-state index in [1.807, 2.05) is 0 Å². The molecule has 200 valence electrons. The Morgan fingerprint density at radius 3 is 2.43 bits per heavy atom. The average Bonchev–Trinajstić information content (AvgIpc) is 2.94. The summed E-state index contributed by atoms with van der Waals surface area (Å²) in [5.41, 5.74) is 2.72. The Kier molecular flexibility index (Phi) is 8.31. The number of amides is 5. The maximum atomic E-state index is 13.4. The predicted molar refractivity (Wildman–Crippen MR) is 126 cm³/mol. The highest BCUT2D eigenvalue weighted by Crippen LogP contribution is 2.24. The van der Waals surface area contributed by atoms with E-state index in [0.29, 0.717) is 6.42 Å². The van der Waals surface area contributed by atoms with Gasteiger partial charge in [-0.25, -0.2) is 28.2 Å². The van der Waals surface area contributed by atoms with Gasteiger partial charge < -0.3 is 15.2 Å². The number of fused-ring (bicyclic) bond motifs is 1. The summed E-state index contributed by atoms with van der Waals surface area (Å²) in [6.07, 6.45) is 0.951. The first kappa shape index (κ1) is 27.4. The number of hydrogen-bond donors (Lipinski definition) is 4. The lowest BCUT2D eigenvalue weighted by molar-refractivity contribution is -0.155. The van der Waals surface area contributed by atoms with Crippen molar-refractivity contribution < 1.29 is 42.3 Å². The van der Waals surface area contributed by atoms with Crippen molar-refractivity contribution in [1.29, 1.82) is 0 Å². The van der Waals surface area contributed by atoms with E-state index in [1.54, 1.807) is 0 Å². The number of carbonyl (C=O) groups is 6. The highest BCUT2D eigenvalue weighted by molar-refractivity contribution is 7.92. The van der Waals surface area contributed by atoms with Crippen LogP contribution in [0.5, 0.6) is 0 Å². The van der Waals surface area contributed by atoms with E-state index < -0.39 is 58.2 Å². The van der Waals surface area contributed by atoms with Crippen molar-refractivity contribution in [2.24, 2.45) is 0 Å². The van der Waals surface area contributed by atoms with Crippen molar-refractivity contribution in [3.63, 3.8) is 0 Å². The fourth-order valence-corrected chi connectivity index (χ4v) is 4.47. The Hall–Kier alpha value is -4.21. The molecule has 0 bridgehead atoms. The number of urea groups is 1. The van der Waals surface area contributed by atoms with Gasteiger partial charge in [-0.3, -0.25) is 29.3 Å². The van der Waals surface area contributed by atoms with Gasteiger partial charge in [0.1, 0.15) is 12.3 Å². The molecule has 16 heteroatoms. The molecule has 37 heavy (non-hydrogen) atoms. The van der Waals surface area contributed by atoms with Crippen molar-refractivity contribution in [2.75, 3.05) is 24.1 Å². The lowest BCUT2D eigenvalue weighted by Crippen LogP contribution is -2.64. The zero-order chi connectivity index (χ0) is 27.3. The Morgan fingerprint density at radius 1 is 1.16 bits per heavy atom. The monoisotopic (exact) mass is 538 g/mol. The second-order valence-corrected chi connectivity index (χ2v) is 10.2. The first-order valence-electron chi connectivity index (χ1n) is 11.2. The molecule has 0 saturated carbocycles. The highest BCUT2D eigenvalue weighted by atomic mass is 32.2. The fourth-order valence-electron chi connectivity index (χ4n) is 3.91. The Morgan fingerprint density at radius 2 is 1.84 bits per heavy atom. The maximum Gasteiger partial charge on any atom is 0.358 e. The second-order valence-electron chi connectivity index (χ2n) is 8.45. The number of anilines is 1. The molecule has 0 radical (unpaired) electrons. The first-order chi connectivity index (χ1) is 17.4. The van der Waals surface area contributed by atoms with Gasteiger partial charge in [-0.2, -0.15) is 0 Å². The van der Waals surface area contributed by atoms with Crippen LogP contribution in [-0.4, -0.2) is 96.0 Å². The number of hydrogen-bond acceptors (Lipinski definition) is 8. The summed E-state index contributed by atoms with van der Waals surface area (Å²) in [5.74, 6) is -3.30. The molecule has 0 aliphatic carbocycles. The topological polar surface area (TPSA) is 203 Å². The normalized spacial score (nSPS) is 18.8. The highest BCUT2D eigenvalue weighted by Gasteiger charge is 2.44. The van der Waals surface area contributed by atoms with E-state index >= 15 is 0 Å². The minimum absolute atomic E-state index is 0.0923. The summed E-state index contributed by atoms with van der Waals surface area (Å²) < 4.78 is 25.0. The number of carbonyl (C=O) groups excluding carboxylic acids is 5. The van der Waals surface area contributed by atoms with Gasteiger partial charge in [0.05, 0.1) is 25.3 Å². The number of sulfonamides is 1. The van der Waals surface area contributed by atoms with Gasteiger partial charge in [0, 0.05) is 24.2 Å². The van der Waals surface area contributed by atoms with Gasteiger partial charge in [-0.15, -0.1) is 0 Å². The molecule has 2 atom stereocenters. The van der Waals surface area contributed by atoms with Gasteiger partial charge in [-0.05, 0) is 37.1 Å². The molecule has 5 amide bonds. The van der Waals surface area contributed by atoms with Crippen LogP contribution < -0.4 is 15.5 Å². The summed E-state index contributed by atoms with van der Waals surface area (Å²) in [6.45, 7) is -0.0361. The summed E-state index contributed by atoms with van der Waals surface area (Å²) in [4.78, 5) is 73.9. The third-order valence-electron chi connectivity index (χ3n) is 5.54. The molecule has 2 saturated heterocycles. The Balaban J connectivity index is 1.77. The molecule has 15 nitrogen and oxygen atoms in total. The average molecular weight is 539 g/mol. The van der Waals surface area contributed by atoms with Gasteiger partial charge in [-0.1, -0.05) is 0 Å². The van der Waals surface area contributed by atoms with Crippen LogP contribution >= 0.6 is 0 Å². The zero-order valence-electron chi connectivity index (χ0n) is 19.7. The SMILES string of the molecule is CS(=O)(=O)Nc1ccc(C(=O)NN2CCC(=O)N3CCC[C@@H](C(=O)N[C@H](C=O)CC(=O)O)N3C2=O)cc1. The van der Waals surface area contributed by atoms with Gasteiger partial charge in [0.25, 0.3) is 5.91 Å². The molecular weight excluding hydrogens is 512 g/mol. The van der Waals surface area contributed by atoms with Crippen LogP contribution in [0.1, 0.15) is 36.0 Å². The molecule has 2 heterocycles. The first-order valence-corrected chi connectivity index (χ1v) is 13.1. The van der Waals surface area contributed by atoms with Crippen LogP contribution in [0, 0.1) is 0 Å². The minimum atomic E-state index is -3.52. The van der Waals surface area contributed by atoms with E-state index in [2.05, 4.69) is 15.5 Å². The van der Waals surface area contributed by atoms with Gasteiger partial charge >= 0.3 is 12.0 Å². The molecule has 1 aromatic rings. The molecule has 0 aromatic heterocycles. The van der Waals surface area contributed by atoms with Crippen LogP contribution in [-0.2, 0) is 29.2 Å². The molecule has 2 aliphatic rings. The minimum Gasteiger partial charge on any atom is -0.481 e. The number of nitrogens with one attached hydrogen (secondary N) is 3. The van der Waals surface area contributed by atoms with Crippen LogP contribution in [0.2, 0.25) is 0 Å². The van der Waals surface area contributed by atoms with Crippen molar-refractivity contribution in [1.82, 2.24) is 25.8 Å². The van der Waals surface area contributed by atoms with Gasteiger partial charge in [0.15, 0.2) is 0 Å². The zero-order valence-corrected chi connectivity index (χ0v) is 20.6. The molecular formula is C21H26N6O9S. The summed E-state index contributed by atoms with van der Waals surface area (Å²) >= 11 is 0. The molecule has 1 aromatic carbocycles. The number of carboxylic acid groups (broad SMARTS) is 1. The van der Waals surface area contributed by atoms with Crippen molar-refractivity contribution >= 4 is 51.7 Å². The number of rotatable bonds is 9. The standard InChI is InChI=1S/C21H26N6O9S/c1-37(35,36)24-14-6-4-13(5-7-14)19(32)23-25-10-8-17(29)26-9-2-3-16(27(26)21(25)34)20(33)22-15(12-28)11-18(30)31/h4-7,12,15-16,24H,2-3,8-11H2,1H3,(H,22,33)(H,23,32)(H,30,31)/t15-,16-/m0/s1. The molecule has 0 unspecified atom stereocenters. The van der Waals surface area contributed by atoms with E-state index in [-0.39, 0.29) is 43.5 Å². The number of aldehydes is 1. The van der Waals surface area contributed by atoms with E-state index in [1.165, 1.54) is 24.3 Å². The second kappa shape index (κ2) is 11.2. The van der Waals surface area contributed by atoms with Crippen LogP contribution in [0.3, 0.4) is 0 Å².